The number of rotatable bonds is 5. The lowest BCUT2D eigenvalue weighted by molar-refractivity contribution is 0.102. The van der Waals surface area contributed by atoms with Crippen molar-refractivity contribution in [3.63, 3.8) is 0 Å². The number of oxazole rings is 1. The summed E-state index contributed by atoms with van der Waals surface area (Å²) in [5, 5.41) is 3.58. The minimum atomic E-state index is -0.401. The molecule has 2 aromatic carbocycles. The van der Waals surface area contributed by atoms with Gasteiger partial charge in [-0.25, -0.2) is 4.98 Å². The van der Waals surface area contributed by atoms with Crippen molar-refractivity contribution >= 4 is 34.8 Å². The average molecular weight is 377 g/mol. The zero-order valence-corrected chi connectivity index (χ0v) is 14.8. The number of hydrogen-bond acceptors (Lipinski definition) is 4. The van der Waals surface area contributed by atoms with E-state index in [4.69, 9.17) is 32.4 Å². The Bertz CT molecular complexity index is 909. The summed E-state index contributed by atoms with van der Waals surface area (Å²) in [5.74, 6) is 0.468. The third-order valence-corrected chi connectivity index (χ3v) is 4.08. The number of hydrogen-bond donors (Lipinski definition) is 1. The van der Waals surface area contributed by atoms with Gasteiger partial charge in [-0.15, -0.1) is 0 Å². The van der Waals surface area contributed by atoms with Gasteiger partial charge in [0.15, 0.2) is 5.69 Å². The lowest BCUT2D eigenvalue weighted by Gasteiger charge is -2.09. The maximum Gasteiger partial charge on any atom is 0.277 e. The molecule has 0 unspecified atom stereocenters. The summed E-state index contributed by atoms with van der Waals surface area (Å²) in [7, 11) is 0. The summed E-state index contributed by atoms with van der Waals surface area (Å²) in [4.78, 5) is 16.6. The van der Waals surface area contributed by atoms with Crippen molar-refractivity contribution in [1.29, 1.82) is 0 Å². The van der Waals surface area contributed by atoms with Gasteiger partial charge in [-0.1, -0.05) is 35.3 Å². The van der Waals surface area contributed by atoms with E-state index in [1.54, 1.807) is 30.3 Å². The molecule has 1 heterocycles. The number of aromatic nitrogens is 1. The average Bonchev–Trinajstić information content (AvgIpc) is 3.09. The Morgan fingerprint density at radius 1 is 1.20 bits per heavy atom. The van der Waals surface area contributed by atoms with Gasteiger partial charge in [0, 0.05) is 5.56 Å². The van der Waals surface area contributed by atoms with E-state index in [0.717, 1.165) is 0 Å². The quantitative estimate of drug-likeness (QED) is 0.655. The largest absolute Gasteiger partial charge is 0.492 e. The molecule has 0 spiro atoms. The second-order valence-corrected chi connectivity index (χ2v) is 5.86. The van der Waals surface area contributed by atoms with Gasteiger partial charge in [-0.3, -0.25) is 4.79 Å². The molecule has 3 aromatic rings. The third kappa shape index (κ3) is 3.95. The van der Waals surface area contributed by atoms with Crippen molar-refractivity contribution in [2.24, 2.45) is 0 Å². The van der Waals surface area contributed by atoms with Gasteiger partial charge >= 0.3 is 0 Å². The Hall–Kier alpha value is -2.50. The summed E-state index contributed by atoms with van der Waals surface area (Å²) >= 11 is 11.9. The van der Waals surface area contributed by atoms with E-state index in [1.807, 2.05) is 19.1 Å². The predicted octanol–water partition coefficient (Wildman–Crippen LogP) is 5.30. The smallest absolute Gasteiger partial charge is 0.277 e. The first-order chi connectivity index (χ1) is 12.1. The zero-order chi connectivity index (χ0) is 17.8. The Morgan fingerprint density at radius 3 is 2.76 bits per heavy atom. The van der Waals surface area contributed by atoms with Gasteiger partial charge in [-0.2, -0.15) is 0 Å². The fourth-order valence-electron chi connectivity index (χ4n) is 2.18. The fraction of sp³-hybridized carbons (Fsp3) is 0.111. The van der Waals surface area contributed by atoms with Gasteiger partial charge in [0.05, 0.1) is 22.3 Å². The van der Waals surface area contributed by atoms with Crippen molar-refractivity contribution < 1.29 is 13.9 Å². The van der Waals surface area contributed by atoms with Crippen LogP contribution < -0.4 is 10.1 Å². The second-order valence-electron chi connectivity index (χ2n) is 5.05. The Kier molecular flexibility index (Phi) is 5.26. The summed E-state index contributed by atoms with van der Waals surface area (Å²) in [6, 6.07) is 12.2. The first kappa shape index (κ1) is 17.3. The number of carbonyl (C=O) groups is 1. The van der Waals surface area contributed by atoms with E-state index in [1.165, 1.54) is 6.26 Å². The summed E-state index contributed by atoms with van der Waals surface area (Å²) < 4.78 is 10.9. The Balaban J connectivity index is 1.80. The molecule has 3 rings (SSSR count). The maximum atomic E-state index is 12.4. The zero-order valence-electron chi connectivity index (χ0n) is 13.3. The van der Waals surface area contributed by atoms with E-state index in [9.17, 15) is 4.79 Å². The molecule has 25 heavy (non-hydrogen) atoms. The molecule has 0 aliphatic heterocycles. The predicted molar refractivity (Wildman–Crippen MR) is 97.5 cm³/mol. The van der Waals surface area contributed by atoms with E-state index in [0.29, 0.717) is 33.7 Å². The molecule has 1 N–H and O–H groups in total. The number of nitrogens with zero attached hydrogens (tertiary/aromatic N) is 1. The van der Waals surface area contributed by atoms with Crippen LogP contribution in [0.15, 0.2) is 53.1 Å². The van der Waals surface area contributed by atoms with Crippen LogP contribution >= 0.6 is 23.2 Å². The monoisotopic (exact) mass is 376 g/mol. The van der Waals surface area contributed by atoms with Crippen molar-refractivity contribution in [2.45, 2.75) is 6.92 Å². The molecule has 0 aliphatic rings. The highest BCUT2D eigenvalue weighted by Crippen LogP contribution is 2.28. The molecule has 0 fully saturated rings. The van der Waals surface area contributed by atoms with Crippen LogP contribution in [-0.4, -0.2) is 17.5 Å². The molecule has 128 valence electrons. The summed E-state index contributed by atoms with van der Waals surface area (Å²) in [5.41, 5.74) is 1.34. The number of carbonyl (C=O) groups excluding carboxylic acids is 1. The number of para-hydroxylation sites is 2. The van der Waals surface area contributed by atoms with Gasteiger partial charge in [0.25, 0.3) is 5.91 Å². The Labute approximate surface area is 154 Å². The first-order valence-electron chi connectivity index (χ1n) is 7.52. The van der Waals surface area contributed by atoms with E-state index in [2.05, 4.69) is 10.3 Å². The number of amides is 1. The highest BCUT2D eigenvalue weighted by Gasteiger charge is 2.16. The normalized spacial score (nSPS) is 10.5. The molecule has 0 radical (unpaired) electrons. The van der Waals surface area contributed by atoms with Crippen LogP contribution in [-0.2, 0) is 0 Å². The topological polar surface area (TPSA) is 64.4 Å². The molecule has 5 nitrogen and oxygen atoms in total. The maximum absolute atomic E-state index is 12.4. The standard InChI is InChI=1S/C18H14Cl2N2O3/c1-2-24-16-6-4-3-5-14(16)21-17(23)15-10-25-18(22-15)11-7-8-12(19)13(20)9-11/h3-10H,2H2,1H3,(H,21,23). The van der Waals surface area contributed by atoms with Gasteiger partial charge in [0.1, 0.15) is 12.0 Å². The number of benzene rings is 2. The lowest BCUT2D eigenvalue weighted by Crippen LogP contribution is -2.13. The Morgan fingerprint density at radius 2 is 2.00 bits per heavy atom. The van der Waals surface area contributed by atoms with Crippen LogP contribution in [0, 0.1) is 0 Å². The summed E-state index contributed by atoms with van der Waals surface area (Å²) in [6.07, 6.45) is 1.29. The molecular formula is C18H14Cl2N2O3. The van der Waals surface area contributed by atoms with E-state index < -0.39 is 5.91 Å². The number of halogens is 2. The number of nitrogens with one attached hydrogen (secondary N) is 1. The van der Waals surface area contributed by atoms with Gasteiger partial charge < -0.3 is 14.5 Å². The van der Waals surface area contributed by atoms with Crippen LogP contribution in [0.1, 0.15) is 17.4 Å². The molecule has 0 atom stereocenters. The van der Waals surface area contributed by atoms with E-state index in [-0.39, 0.29) is 11.6 Å². The van der Waals surface area contributed by atoms with Crippen LogP contribution in [0.3, 0.4) is 0 Å². The van der Waals surface area contributed by atoms with Crippen molar-refractivity contribution in [2.75, 3.05) is 11.9 Å². The van der Waals surface area contributed by atoms with Crippen LogP contribution in [0.25, 0.3) is 11.5 Å². The van der Waals surface area contributed by atoms with Crippen molar-refractivity contribution in [3.8, 4) is 17.2 Å². The van der Waals surface area contributed by atoms with Crippen LogP contribution in [0.5, 0.6) is 5.75 Å². The lowest BCUT2D eigenvalue weighted by atomic mass is 10.2. The molecule has 1 aromatic heterocycles. The van der Waals surface area contributed by atoms with Crippen LogP contribution in [0.2, 0.25) is 10.0 Å². The highest BCUT2D eigenvalue weighted by molar-refractivity contribution is 6.42. The number of ether oxygens (including phenoxy) is 1. The van der Waals surface area contributed by atoms with Crippen molar-refractivity contribution in [3.05, 3.63) is 64.5 Å². The highest BCUT2D eigenvalue weighted by atomic mass is 35.5. The molecule has 0 saturated heterocycles. The van der Waals surface area contributed by atoms with Crippen LogP contribution in [0.4, 0.5) is 5.69 Å². The molecular weight excluding hydrogens is 363 g/mol. The minimum absolute atomic E-state index is 0.146. The molecule has 7 heteroatoms. The minimum Gasteiger partial charge on any atom is -0.492 e. The van der Waals surface area contributed by atoms with Crippen molar-refractivity contribution in [1.82, 2.24) is 4.98 Å². The molecule has 1 amide bonds. The SMILES string of the molecule is CCOc1ccccc1NC(=O)c1coc(-c2ccc(Cl)c(Cl)c2)n1. The fourth-order valence-corrected chi connectivity index (χ4v) is 2.48. The van der Waals surface area contributed by atoms with Gasteiger partial charge in [-0.05, 0) is 37.3 Å². The molecule has 0 bridgehead atoms. The number of anilines is 1. The molecule has 0 saturated carbocycles. The summed E-state index contributed by atoms with van der Waals surface area (Å²) in [6.45, 7) is 2.37. The first-order valence-corrected chi connectivity index (χ1v) is 8.28. The molecule has 0 aliphatic carbocycles. The van der Waals surface area contributed by atoms with Gasteiger partial charge in [0.2, 0.25) is 5.89 Å². The van der Waals surface area contributed by atoms with E-state index >= 15 is 0 Å². The second kappa shape index (κ2) is 7.59. The third-order valence-electron chi connectivity index (χ3n) is 3.34.